The van der Waals surface area contributed by atoms with Crippen LogP contribution in [0.2, 0.25) is 5.02 Å². The van der Waals surface area contributed by atoms with Gasteiger partial charge in [0.1, 0.15) is 12.1 Å². The highest BCUT2D eigenvalue weighted by Gasteiger charge is 2.10. The van der Waals surface area contributed by atoms with Crippen LogP contribution in [0.3, 0.4) is 0 Å². The Hall–Kier alpha value is -2.45. The standard InChI is InChI=1S/C12H6ClN3O2/c13-9-3-8(6-14)4-10(5-9)18-12(17)11-1-2-15-7-16-11/h1-5,7H. The van der Waals surface area contributed by atoms with Crippen molar-refractivity contribution in [3.63, 3.8) is 0 Å². The van der Waals surface area contributed by atoms with E-state index in [-0.39, 0.29) is 11.4 Å². The fourth-order valence-electron chi connectivity index (χ4n) is 1.26. The van der Waals surface area contributed by atoms with Gasteiger partial charge in [-0.05, 0) is 24.3 Å². The lowest BCUT2D eigenvalue weighted by Crippen LogP contribution is -2.10. The largest absolute Gasteiger partial charge is 0.422 e. The summed E-state index contributed by atoms with van der Waals surface area (Å²) < 4.78 is 5.06. The van der Waals surface area contributed by atoms with E-state index in [1.54, 1.807) is 0 Å². The Morgan fingerprint density at radius 3 is 2.89 bits per heavy atom. The monoisotopic (exact) mass is 259 g/mol. The van der Waals surface area contributed by atoms with Crippen molar-refractivity contribution in [2.75, 3.05) is 0 Å². The fraction of sp³-hybridized carbons (Fsp3) is 0. The molecule has 0 unspecified atom stereocenters. The zero-order valence-corrected chi connectivity index (χ0v) is 9.76. The molecule has 0 fully saturated rings. The van der Waals surface area contributed by atoms with E-state index in [0.717, 1.165) is 0 Å². The molecule has 0 saturated carbocycles. The lowest BCUT2D eigenvalue weighted by atomic mass is 10.2. The van der Waals surface area contributed by atoms with Crippen LogP contribution in [-0.4, -0.2) is 15.9 Å². The Bertz CT molecular complexity index is 623. The maximum Gasteiger partial charge on any atom is 0.362 e. The number of carbonyl (C=O) groups excluding carboxylic acids is 1. The minimum atomic E-state index is -0.636. The number of ether oxygens (including phenoxy) is 1. The summed E-state index contributed by atoms with van der Waals surface area (Å²) in [6.07, 6.45) is 2.68. The summed E-state index contributed by atoms with van der Waals surface area (Å²) in [5.41, 5.74) is 0.441. The van der Waals surface area contributed by atoms with Crippen molar-refractivity contribution >= 4 is 17.6 Å². The molecule has 0 amide bonds. The Morgan fingerprint density at radius 1 is 1.39 bits per heavy atom. The Kier molecular flexibility index (Phi) is 3.51. The van der Waals surface area contributed by atoms with E-state index in [1.807, 2.05) is 6.07 Å². The van der Waals surface area contributed by atoms with Crippen molar-refractivity contribution in [3.8, 4) is 11.8 Å². The second-order valence-corrected chi connectivity index (χ2v) is 3.71. The van der Waals surface area contributed by atoms with E-state index in [0.29, 0.717) is 10.6 Å². The van der Waals surface area contributed by atoms with E-state index in [4.69, 9.17) is 21.6 Å². The van der Waals surface area contributed by atoms with Crippen molar-refractivity contribution in [2.24, 2.45) is 0 Å². The minimum Gasteiger partial charge on any atom is -0.422 e. The molecule has 0 spiro atoms. The zero-order chi connectivity index (χ0) is 13.0. The first-order chi connectivity index (χ1) is 8.69. The highest BCUT2D eigenvalue weighted by Crippen LogP contribution is 2.21. The third-order valence-electron chi connectivity index (χ3n) is 2.00. The number of aromatic nitrogens is 2. The molecule has 1 heterocycles. The topological polar surface area (TPSA) is 75.9 Å². The molecule has 0 N–H and O–H groups in total. The van der Waals surface area contributed by atoms with E-state index >= 15 is 0 Å². The molecule has 0 atom stereocenters. The molecule has 1 aromatic carbocycles. The van der Waals surface area contributed by atoms with Gasteiger partial charge in [-0.15, -0.1) is 0 Å². The van der Waals surface area contributed by atoms with Crippen LogP contribution < -0.4 is 4.74 Å². The van der Waals surface area contributed by atoms with Gasteiger partial charge in [0.25, 0.3) is 0 Å². The van der Waals surface area contributed by atoms with Gasteiger partial charge in [0.2, 0.25) is 0 Å². The molecule has 88 valence electrons. The quantitative estimate of drug-likeness (QED) is 0.610. The van der Waals surface area contributed by atoms with Crippen molar-refractivity contribution in [1.82, 2.24) is 9.97 Å². The fourth-order valence-corrected chi connectivity index (χ4v) is 1.48. The highest BCUT2D eigenvalue weighted by atomic mass is 35.5. The summed E-state index contributed by atoms with van der Waals surface area (Å²) in [4.78, 5) is 19.1. The van der Waals surface area contributed by atoms with Crippen LogP contribution in [0.5, 0.6) is 5.75 Å². The van der Waals surface area contributed by atoms with Crippen LogP contribution in [0.1, 0.15) is 16.1 Å². The number of nitrogens with zero attached hydrogens (tertiary/aromatic N) is 3. The molecule has 0 aliphatic carbocycles. The Morgan fingerprint density at radius 2 is 2.22 bits per heavy atom. The summed E-state index contributed by atoms with van der Waals surface area (Å²) in [5, 5.41) is 9.09. The van der Waals surface area contributed by atoms with Crippen molar-refractivity contribution in [1.29, 1.82) is 5.26 Å². The van der Waals surface area contributed by atoms with E-state index in [2.05, 4.69) is 9.97 Å². The van der Waals surface area contributed by atoms with E-state index in [9.17, 15) is 4.79 Å². The maximum absolute atomic E-state index is 11.7. The molecule has 2 rings (SSSR count). The van der Waals surface area contributed by atoms with Gasteiger partial charge < -0.3 is 4.74 Å². The smallest absolute Gasteiger partial charge is 0.362 e. The molecule has 0 radical (unpaired) electrons. The van der Waals surface area contributed by atoms with Crippen LogP contribution in [0.4, 0.5) is 0 Å². The van der Waals surface area contributed by atoms with E-state index < -0.39 is 5.97 Å². The summed E-state index contributed by atoms with van der Waals surface area (Å²) in [6, 6.07) is 7.69. The predicted molar refractivity (Wildman–Crippen MR) is 63.2 cm³/mol. The first kappa shape index (κ1) is 12.0. The maximum atomic E-state index is 11.7. The summed E-state index contributed by atoms with van der Waals surface area (Å²) in [5.74, 6) is -0.439. The van der Waals surface area contributed by atoms with Crippen LogP contribution in [0.25, 0.3) is 0 Å². The van der Waals surface area contributed by atoms with Crippen LogP contribution in [0.15, 0.2) is 36.8 Å². The van der Waals surface area contributed by atoms with Crippen molar-refractivity contribution < 1.29 is 9.53 Å². The number of carbonyl (C=O) groups is 1. The van der Waals surface area contributed by atoms with Crippen LogP contribution >= 0.6 is 11.6 Å². The van der Waals surface area contributed by atoms with Gasteiger partial charge in [-0.1, -0.05) is 11.6 Å². The molecule has 1 aromatic heterocycles. The highest BCUT2D eigenvalue weighted by molar-refractivity contribution is 6.30. The molecular formula is C12H6ClN3O2. The van der Waals surface area contributed by atoms with E-state index in [1.165, 1.54) is 36.8 Å². The minimum absolute atomic E-state index is 0.128. The second-order valence-electron chi connectivity index (χ2n) is 3.27. The van der Waals surface area contributed by atoms with Crippen LogP contribution in [0, 0.1) is 11.3 Å². The average Bonchev–Trinajstić information content (AvgIpc) is 2.39. The van der Waals surface area contributed by atoms with Gasteiger partial charge in [-0.2, -0.15) is 5.26 Å². The molecule has 0 saturated heterocycles. The van der Waals surface area contributed by atoms with Gasteiger partial charge in [-0.25, -0.2) is 14.8 Å². The molecule has 18 heavy (non-hydrogen) atoms. The van der Waals surface area contributed by atoms with Crippen LogP contribution in [-0.2, 0) is 0 Å². The number of rotatable bonds is 2. The molecule has 2 aromatic rings. The number of hydrogen-bond donors (Lipinski definition) is 0. The lowest BCUT2D eigenvalue weighted by Gasteiger charge is -2.04. The molecular weight excluding hydrogens is 254 g/mol. The van der Waals surface area contributed by atoms with Gasteiger partial charge in [0.05, 0.1) is 11.6 Å². The number of esters is 1. The van der Waals surface area contributed by atoms with Gasteiger partial charge in [-0.3, -0.25) is 0 Å². The summed E-state index contributed by atoms with van der Waals surface area (Å²) in [6.45, 7) is 0. The number of benzene rings is 1. The lowest BCUT2D eigenvalue weighted by molar-refractivity contribution is 0.0728. The SMILES string of the molecule is N#Cc1cc(Cl)cc(OC(=O)c2ccncn2)c1. The summed E-state index contributed by atoms with van der Waals surface area (Å²) >= 11 is 5.79. The molecule has 0 aliphatic heterocycles. The van der Waals surface area contributed by atoms with Crippen molar-refractivity contribution in [2.45, 2.75) is 0 Å². The molecule has 0 aliphatic rings. The number of nitriles is 1. The Labute approximate surface area is 108 Å². The summed E-state index contributed by atoms with van der Waals surface area (Å²) in [7, 11) is 0. The third-order valence-corrected chi connectivity index (χ3v) is 2.22. The zero-order valence-electron chi connectivity index (χ0n) is 9.00. The average molecular weight is 260 g/mol. The van der Waals surface area contributed by atoms with Gasteiger partial charge >= 0.3 is 5.97 Å². The Balaban J connectivity index is 2.23. The number of halogens is 1. The first-order valence-corrected chi connectivity index (χ1v) is 5.26. The second kappa shape index (κ2) is 5.25. The first-order valence-electron chi connectivity index (χ1n) is 4.88. The van der Waals surface area contributed by atoms with Gasteiger partial charge in [0, 0.05) is 11.2 Å². The normalized spacial score (nSPS) is 9.56. The molecule has 0 bridgehead atoms. The van der Waals surface area contributed by atoms with Crippen molar-refractivity contribution in [3.05, 3.63) is 53.1 Å². The van der Waals surface area contributed by atoms with Gasteiger partial charge in [0.15, 0.2) is 5.69 Å². The molecule has 5 nitrogen and oxygen atoms in total. The predicted octanol–water partition coefficient (Wildman–Crippen LogP) is 2.22. The number of hydrogen-bond acceptors (Lipinski definition) is 5. The third kappa shape index (κ3) is 2.81. The molecule has 6 heteroatoms.